The second kappa shape index (κ2) is 8.89. The number of hydrogen-bond donors (Lipinski definition) is 0. The van der Waals surface area contributed by atoms with Gasteiger partial charge in [0.15, 0.2) is 0 Å². The SMILES string of the molecule is CCN(c1ccccc1)S(=O)(=O)c1ccc(N2CCN(c3ccnc(C)n3)CC2)nc1. The number of sulfonamides is 1. The Labute approximate surface area is 183 Å². The summed E-state index contributed by atoms with van der Waals surface area (Å²) in [6.07, 6.45) is 3.23. The summed E-state index contributed by atoms with van der Waals surface area (Å²) in [5, 5.41) is 0. The molecule has 0 saturated carbocycles. The minimum Gasteiger partial charge on any atom is -0.353 e. The van der Waals surface area contributed by atoms with E-state index in [1.165, 1.54) is 10.5 Å². The number of anilines is 3. The van der Waals surface area contributed by atoms with Crippen molar-refractivity contribution in [2.75, 3.05) is 46.8 Å². The summed E-state index contributed by atoms with van der Waals surface area (Å²) in [6, 6.07) is 14.5. The van der Waals surface area contributed by atoms with Gasteiger partial charge in [0.05, 0.1) is 5.69 Å². The molecule has 0 unspecified atom stereocenters. The molecule has 3 aromatic rings. The topological polar surface area (TPSA) is 82.5 Å². The molecular formula is C22H26N6O2S. The van der Waals surface area contributed by atoms with E-state index in [4.69, 9.17) is 0 Å². The van der Waals surface area contributed by atoms with Crippen LogP contribution in [0.2, 0.25) is 0 Å². The van der Waals surface area contributed by atoms with Gasteiger partial charge in [0, 0.05) is 45.1 Å². The molecule has 1 aliphatic heterocycles. The fourth-order valence-corrected chi connectivity index (χ4v) is 5.13. The molecule has 0 bridgehead atoms. The largest absolute Gasteiger partial charge is 0.353 e. The first-order valence-corrected chi connectivity index (χ1v) is 11.8. The zero-order valence-electron chi connectivity index (χ0n) is 17.7. The van der Waals surface area contributed by atoms with Crippen LogP contribution in [-0.2, 0) is 10.0 Å². The Hall–Kier alpha value is -3.20. The molecule has 0 aliphatic carbocycles. The van der Waals surface area contributed by atoms with Gasteiger partial charge >= 0.3 is 0 Å². The Morgan fingerprint density at radius 1 is 0.903 bits per heavy atom. The molecule has 1 aliphatic rings. The number of aromatic nitrogens is 3. The predicted octanol–water partition coefficient (Wildman–Crippen LogP) is 2.72. The lowest BCUT2D eigenvalue weighted by Crippen LogP contribution is -2.47. The zero-order chi connectivity index (χ0) is 21.8. The van der Waals surface area contributed by atoms with Gasteiger partial charge in [0.1, 0.15) is 22.4 Å². The maximum atomic E-state index is 13.1. The van der Waals surface area contributed by atoms with E-state index in [1.54, 1.807) is 30.5 Å². The van der Waals surface area contributed by atoms with Crippen molar-refractivity contribution in [2.24, 2.45) is 0 Å². The lowest BCUT2D eigenvalue weighted by atomic mass is 10.3. The van der Waals surface area contributed by atoms with Gasteiger partial charge in [-0.1, -0.05) is 18.2 Å². The van der Waals surface area contributed by atoms with Crippen LogP contribution in [0.3, 0.4) is 0 Å². The smallest absolute Gasteiger partial charge is 0.265 e. The van der Waals surface area contributed by atoms with E-state index >= 15 is 0 Å². The van der Waals surface area contributed by atoms with E-state index in [-0.39, 0.29) is 4.90 Å². The molecule has 31 heavy (non-hydrogen) atoms. The molecule has 8 nitrogen and oxygen atoms in total. The Kier molecular flexibility index (Phi) is 6.03. The summed E-state index contributed by atoms with van der Waals surface area (Å²) >= 11 is 0. The van der Waals surface area contributed by atoms with Crippen LogP contribution < -0.4 is 14.1 Å². The van der Waals surface area contributed by atoms with Gasteiger partial charge in [0.25, 0.3) is 10.0 Å². The van der Waals surface area contributed by atoms with Crippen molar-refractivity contribution in [3.05, 3.63) is 66.7 Å². The summed E-state index contributed by atoms with van der Waals surface area (Å²) in [7, 11) is -3.67. The molecule has 0 spiro atoms. The highest BCUT2D eigenvalue weighted by Crippen LogP contribution is 2.24. The molecule has 3 heterocycles. The van der Waals surface area contributed by atoms with Crippen LogP contribution in [0.5, 0.6) is 0 Å². The maximum absolute atomic E-state index is 13.1. The number of rotatable bonds is 6. The van der Waals surface area contributed by atoms with Crippen LogP contribution >= 0.6 is 0 Å². The monoisotopic (exact) mass is 438 g/mol. The first kappa shape index (κ1) is 21.0. The number of aryl methyl sites for hydroxylation is 1. The molecule has 1 fully saturated rings. The van der Waals surface area contributed by atoms with E-state index < -0.39 is 10.0 Å². The highest BCUT2D eigenvalue weighted by Gasteiger charge is 2.25. The van der Waals surface area contributed by atoms with Gasteiger partial charge in [-0.15, -0.1) is 0 Å². The summed E-state index contributed by atoms with van der Waals surface area (Å²) < 4.78 is 27.7. The van der Waals surface area contributed by atoms with Crippen molar-refractivity contribution in [1.82, 2.24) is 15.0 Å². The summed E-state index contributed by atoms with van der Waals surface area (Å²) in [6.45, 7) is 7.26. The zero-order valence-corrected chi connectivity index (χ0v) is 18.5. The van der Waals surface area contributed by atoms with E-state index in [2.05, 4.69) is 24.8 Å². The van der Waals surface area contributed by atoms with Crippen molar-refractivity contribution in [3.8, 4) is 0 Å². The van der Waals surface area contributed by atoms with Crippen molar-refractivity contribution in [1.29, 1.82) is 0 Å². The van der Waals surface area contributed by atoms with Gasteiger partial charge in [-0.2, -0.15) is 0 Å². The fourth-order valence-electron chi connectivity index (χ4n) is 3.71. The average Bonchev–Trinajstić information content (AvgIpc) is 2.80. The maximum Gasteiger partial charge on any atom is 0.265 e. The van der Waals surface area contributed by atoms with Crippen LogP contribution in [0.25, 0.3) is 0 Å². The van der Waals surface area contributed by atoms with Crippen LogP contribution in [0.15, 0.2) is 65.8 Å². The quantitative estimate of drug-likeness (QED) is 0.585. The number of benzene rings is 1. The lowest BCUT2D eigenvalue weighted by Gasteiger charge is -2.36. The van der Waals surface area contributed by atoms with Crippen LogP contribution in [0, 0.1) is 6.92 Å². The van der Waals surface area contributed by atoms with Gasteiger partial charge in [0.2, 0.25) is 0 Å². The molecule has 0 atom stereocenters. The Bertz CT molecular complexity index is 1110. The molecule has 162 valence electrons. The molecule has 4 rings (SSSR count). The summed E-state index contributed by atoms with van der Waals surface area (Å²) in [5.74, 6) is 2.47. The van der Waals surface area contributed by atoms with Crippen molar-refractivity contribution >= 4 is 27.3 Å². The minimum absolute atomic E-state index is 0.192. The number of hydrogen-bond acceptors (Lipinski definition) is 7. The minimum atomic E-state index is -3.67. The number of nitrogens with zero attached hydrogens (tertiary/aromatic N) is 6. The molecule has 2 aromatic heterocycles. The highest BCUT2D eigenvalue weighted by atomic mass is 32.2. The first-order valence-electron chi connectivity index (χ1n) is 10.3. The molecule has 9 heteroatoms. The van der Waals surface area contributed by atoms with Gasteiger partial charge < -0.3 is 9.80 Å². The van der Waals surface area contributed by atoms with Gasteiger partial charge in [-0.3, -0.25) is 4.31 Å². The van der Waals surface area contributed by atoms with Crippen molar-refractivity contribution in [2.45, 2.75) is 18.7 Å². The first-order chi connectivity index (χ1) is 15.0. The Morgan fingerprint density at radius 2 is 1.58 bits per heavy atom. The highest BCUT2D eigenvalue weighted by molar-refractivity contribution is 7.92. The standard InChI is InChI=1S/C22H26N6O2S/c1-3-28(19-7-5-4-6-8-19)31(29,30)20-9-10-21(24-17-20)26-13-15-27(16-14-26)22-11-12-23-18(2)25-22/h4-12,17H,3,13-16H2,1-2H3. The third kappa shape index (κ3) is 4.46. The second-order valence-electron chi connectivity index (χ2n) is 7.29. The number of piperazine rings is 1. The summed E-state index contributed by atoms with van der Waals surface area (Å²) in [5.41, 5.74) is 0.644. The van der Waals surface area contributed by atoms with Crippen LogP contribution in [0.1, 0.15) is 12.7 Å². The van der Waals surface area contributed by atoms with E-state index in [9.17, 15) is 8.42 Å². The lowest BCUT2D eigenvalue weighted by molar-refractivity contribution is 0.591. The molecule has 0 radical (unpaired) electrons. The Morgan fingerprint density at radius 3 is 2.16 bits per heavy atom. The predicted molar refractivity (Wildman–Crippen MR) is 122 cm³/mol. The molecule has 0 N–H and O–H groups in total. The number of para-hydroxylation sites is 1. The van der Waals surface area contributed by atoms with Gasteiger partial charge in [-0.05, 0) is 44.2 Å². The third-order valence-electron chi connectivity index (χ3n) is 5.33. The second-order valence-corrected chi connectivity index (χ2v) is 9.16. The van der Waals surface area contributed by atoms with Crippen molar-refractivity contribution < 1.29 is 8.42 Å². The van der Waals surface area contributed by atoms with Crippen LogP contribution in [0.4, 0.5) is 17.3 Å². The summed E-state index contributed by atoms with van der Waals surface area (Å²) in [4.78, 5) is 17.7. The average molecular weight is 439 g/mol. The van der Waals surface area contributed by atoms with Crippen molar-refractivity contribution in [3.63, 3.8) is 0 Å². The number of pyridine rings is 1. The molecule has 1 saturated heterocycles. The third-order valence-corrected chi connectivity index (χ3v) is 7.22. The molecule has 0 amide bonds. The van der Waals surface area contributed by atoms with Crippen LogP contribution in [-0.4, -0.2) is 56.1 Å². The van der Waals surface area contributed by atoms with Gasteiger partial charge in [-0.25, -0.2) is 23.4 Å². The normalized spacial score (nSPS) is 14.5. The molecule has 1 aromatic carbocycles. The Balaban J connectivity index is 1.46. The van der Waals surface area contributed by atoms with E-state index in [0.717, 1.165) is 43.6 Å². The van der Waals surface area contributed by atoms with E-state index in [1.807, 2.05) is 38.1 Å². The van der Waals surface area contributed by atoms with E-state index in [0.29, 0.717) is 12.2 Å². The molecular weight excluding hydrogens is 412 g/mol. The fraction of sp³-hybridized carbons (Fsp3) is 0.318.